The zero-order chi connectivity index (χ0) is 26.5. The molecule has 0 saturated heterocycles. The number of carboxylic acid groups (broad SMARTS) is 1. The van der Waals surface area contributed by atoms with Gasteiger partial charge < -0.3 is 20.3 Å². The number of amides is 1. The number of carbonyl (C=O) groups excluding carboxylic acids is 1. The zero-order valence-electron chi connectivity index (χ0n) is 21.4. The summed E-state index contributed by atoms with van der Waals surface area (Å²) in [6, 6.07) is 14.3. The van der Waals surface area contributed by atoms with Gasteiger partial charge in [-0.2, -0.15) is 0 Å². The fraction of sp³-hybridized carbons (Fsp3) is 0.241. The van der Waals surface area contributed by atoms with Crippen molar-refractivity contribution in [3.8, 4) is 5.69 Å². The fourth-order valence-corrected chi connectivity index (χ4v) is 4.42. The molecular weight excluding hydrogens is 466 g/mol. The van der Waals surface area contributed by atoms with E-state index in [1.54, 1.807) is 12.5 Å². The molecule has 190 valence electrons. The number of anilines is 1. The molecule has 0 spiro atoms. The number of hydrogen-bond donors (Lipinski definition) is 3. The molecule has 37 heavy (non-hydrogen) atoms. The number of nitrogens with zero attached hydrogens (tertiary/aromatic N) is 3. The van der Waals surface area contributed by atoms with Gasteiger partial charge in [0.15, 0.2) is 0 Å². The van der Waals surface area contributed by atoms with Crippen molar-refractivity contribution in [2.45, 2.75) is 46.7 Å². The van der Waals surface area contributed by atoms with Crippen LogP contribution in [0.25, 0.3) is 5.69 Å². The number of carboxylic acids is 1. The second-order valence-electron chi connectivity index (χ2n) is 9.35. The van der Waals surface area contributed by atoms with Crippen LogP contribution in [0.15, 0.2) is 67.3 Å². The van der Waals surface area contributed by atoms with Gasteiger partial charge in [-0.1, -0.05) is 29.8 Å². The Balaban J connectivity index is 1.40. The highest BCUT2D eigenvalue weighted by atomic mass is 16.4. The van der Waals surface area contributed by atoms with Crippen molar-refractivity contribution in [3.63, 3.8) is 0 Å². The number of aromatic nitrogens is 3. The normalized spacial score (nSPS) is 11.7. The summed E-state index contributed by atoms with van der Waals surface area (Å²) in [7, 11) is 0. The third-order valence-electron chi connectivity index (χ3n) is 6.18. The second kappa shape index (κ2) is 11.1. The monoisotopic (exact) mass is 497 g/mol. The zero-order valence-corrected chi connectivity index (χ0v) is 21.4. The molecule has 0 aliphatic rings. The van der Waals surface area contributed by atoms with Crippen molar-refractivity contribution in [1.82, 2.24) is 19.9 Å². The van der Waals surface area contributed by atoms with Crippen LogP contribution in [0.5, 0.6) is 0 Å². The van der Waals surface area contributed by atoms with Crippen LogP contribution < -0.4 is 10.6 Å². The summed E-state index contributed by atoms with van der Waals surface area (Å²) < 4.78 is 1.91. The number of imidazole rings is 1. The molecule has 1 atom stereocenters. The highest BCUT2D eigenvalue weighted by Crippen LogP contribution is 2.18. The minimum atomic E-state index is -1.07. The highest BCUT2D eigenvalue weighted by Gasteiger charge is 2.23. The first-order valence-corrected chi connectivity index (χ1v) is 12.1. The molecule has 0 saturated carbocycles. The van der Waals surface area contributed by atoms with E-state index in [0.29, 0.717) is 12.1 Å². The first-order chi connectivity index (χ1) is 17.7. The Kier molecular flexibility index (Phi) is 7.67. The van der Waals surface area contributed by atoms with E-state index >= 15 is 0 Å². The quantitative estimate of drug-likeness (QED) is 0.313. The summed E-state index contributed by atoms with van der Waals surface area (Å²) >= 11 is 0. The Bertz CT molecular complexity index is 1400. The first-order valence-electron chi connectivity index (χ1n) is 12.1. The van der Waals surface area contributed by atoms with Gasteiger partial charge in [0, 0.05) is 30.1 Å². The van der Waals surface area contributed by atoms with Crippen molar-refractivity contribution in [3.05, 3.63) is 106 Å². The fourth-order valence-electron chi connectivity index (χ4n) is 4.42. The lowest BCUT2D eigenvalue weighted by Crippen LogP contribution is -2.42. The van der Waals surface area contributed by atoms with Crippen molar-refractivity contribution in [2.75, 3.05) is 5.32 Å². The number of hydrogen-bond acceptors (Lipinski definition) is 5. The number of nitrogens with one attached hydrogen (secondary N) is 2. The molecule has 0 radical (unpaired) electrons. The van der Waals surface area contributed by atoms with Gasteiger partial charge in [-0.3, -0.25) is 4.79 Å². The topological polar surface area (TPSA) is 109 Å². The molecule has 0 bridgehead atoms. The van der Waals surface area contributed by atoms with Gasteiger partial charge in [0.25, 0.3) is 5.91 Å². The van der Waals surface area contributed by atoms with Gasteiger partial charge in [-0.15, -0.1) is 0 Å². The van der Waals surface area contributed by atoms with E-state index in [4.69, 9.17) is 0 Å². The summed E-state index contributed by atoms with van der Waals surface area (Å²) in [5.74, 6) is -0.652. The summed E-state index contributed by atoms with van der Waals surface area (Å²) in [4.78, 5) is 33.6. The van der Waals surface area contributed by atoms with Crippen LogP contribution in [0.3, 0.4) is 0 Å². The predicted octanol–water partition coefficient (Wildman–Crippen LogP) is 4.54. The van der Waals surface area contributed by atoms with Crippen LogP contribution in [0.1, 0.15) is 43.9 Å². The molecule has 0 fully saturated rings. The van der Waals surface area contributed by atoms with Gasteiger partial charge in [-0.05, 0) is 74.2 Å². The summed E-state index contributed by atoms with van der Waals surface area (Å²) in [5, 5.41) is 15.7. The largest absolute Gasteiger partial charge is 0.480 e. The number of benzene rings is 2. The molecule has 3 N–H and O–H groups in total. The highest BCUT2D eigenvalue weighted by molar-refractivity contribution is 5.99. The molecule has 4 rings (SSSR count). The Morgan fingerprint density at radius 1 is 0.946 bits per heavy atom. The van der Waals surface area contributed by atoms with Crippen LogP contribution in [-0.2, 0) is 17.8 Å². The molecule has 2 heterocycles. The molecule has 1 amide bonds. The Morgan fingerprint density at radius 2 is 1.65 bits per heavy atom. The smallest absolute Gasteiger partial charge is 0.326 e. The van der Waals surface area contributed by atoms with Crippen LogP contribution in [0, 0.1) is 27.7 Å². The van der Waals surface area contributed by atoms with E-state index < -0.39 is 12.0 Å². The average molecular weight is 498 g/mol. The molecule has 8 nitrogen and oxygen atoms in total. The van der Waals surface area contributed by atoms with Crippen LogP contribution in [0.4, 0.5) is 5.82 Å². The molecule has 2 aromatic carbocycles. The standard InChI is InChI=1S/C29H31N5O3/c1-18-9-10-30-26(13-18)31-15-23-16-34(17-32-23)24-7-5-22(6-8-24)14-25(29(36)37)33-28(35)27-20(3)11-19(2)12-21(27)4/h5-13,16-17,25H,14-15H2,1-4H3,(H,30,31)(H,33,35)(H,36,37). The Morgan fingerprint density at radius 3 is 2.30 bits per heavy atom. The molecular formula is C29H31N5O3. The number of aryl methyl sites for hydroxylation is 4. The number of pyridine rings is 1. The van der Waals surface area contributed by atoms with Crippen molar-refractivity contribution < 1.29 is 14.7 Å². The van der Waals surface area contributed by atoms with Crippen LogP contribution in [0.2, 0.25) is 0 Å². The predicted molar refractivity (Wildman–Crippen MR) is 143 cm³/mol. The Labute approximate surface area is 216 Å². The third-order valence-corrected chi connectivity index (χ3v) is 6.18. The minimum absolute atomic E-state index is 0.175. The molecule has 4 aromatic rings. The van der Waals surface area contributed by atoms with E-state index in [9.17, 15) is 14.7 Å². The third kappa shape index (κ3) is 6.41. The van der Waals surface area contributed by atoms with Gasteiger partial charge in [0.2, 0.25) is 0 Å². The van der Waals surface area contributed by atoms with E-state index in [1.807, 2.05) is 87.0 Å². The lowest BCUT2D eigenvalue weighted by Gasteiger charge is -2.17. The number of aliphatic carboxylic acids is 1. The van der Waals surface area contributed by atoms with Crippen molar-refractivity contribution in [1.29, 1.82) is 0 Å². The van der Waals surface area contributed by atoms with Crippen LogP contribution in [-0.4, -0.2) is 37.6 Å². The average Bonchev–Trinajstić information content (AvgIpc) is 3.31. The first kappa shape index (κ1) is 25.6. The second-order valence-corrected chi connectivity index (χ2v) is 9.35. The molecule has 1 unspecified atom stereocenters. The maximum atomic E-state index is 12.9. The lowest BCUT2D eigenvalue weighted by molar-refractivity contribution is -0.139. The van der Waals surface area contributed by atoms with Crippen molar-refractivity contribution in [2.24, 2.45) is 0 Å². The van der Waals surface area contributed by atoms with E-state index in [1.165, 1.54) is 0 Å². The summed E-state index contributed by atoms with van der Waals surface area (Å²) in [6.07, 6.45) is 5.61. The molecule has 0 aliphatic heterocycles. The molecule has 2 aromatic heterocycles. The van der Waals surface area contributed by atoms with Gasteiger partial charge in [-0.25, -0.2) is 14.8 Å². The van der Waals surface area contributed by atoms with Gasteiger partial charge in [0.1, 0.15) is 11.9 Å². The van der Waals surface area contributed by atoms with E-state index in [0.717, 1.165) is 45.0 Å². The SMILES string of the molecule is Cc1ccnc(NCc2cn(-c3ccc(CC(NC(=O)c4c(C)cc(C)cc4C)C(=O)O)cc3)cn2)c1. The lowest BCUT2D eigenvalue weighted by atomic mass is 9.98. The Hall–Kier alpha value is -4.46. The maximum absolute atomic E-state index is 12.9. The van der Waals surface area contributed by atoms with Crippen LogP contribution >= 0.6 is 0 Å². The summed E-state index contributed by atoms with van der Waals surface area (Å²) in [6.45, 7) is 8.25. The maximum Gasteiger partial charge on any atom is 0.326 e. The molecule has 0 aliphatic carbocycles. The van der Waals surface area contributed by atoms with Gasteiger partial charge >= 0.3 is 5.97 Å². The van der Waals surface area contributed by atoms with E-state index in [2.05, 4.69) is 20.6 Å². The molecule has 8 heteroatoms. The number of rotatable bonds is 9. The minimum Gasteiger partial charge on any atom is -0.480 e. The van der Waals surface area contributed by atoms with Crippen molar-refractivity contribution >= 4 is 17.7 Å². The number of carbonyl (C=O) groups is 2. The van der Waals surface area contributed by atoms with E-state index in [-0.39, 0.29) is 12.3 Å². The van der Waals surface area contributed by atoms with Gasteiger partial charge in [0.05, 0.1) is 18.6 Å². The summed E-state index contributed by atoms with van der Waals surface area (Å²) in [5.41, 5.74) is 6.94.